The SMILES string of the molecule is Cc1ccc(CNc2nccn(C(C)C)c2=O)cc1. The van der Waals surface area contributed by atoms with Gasteiger partial charge in [-0.3, -0.25) is 4.79 Å². The van der Waals surface area contributed by atoms with Crippen molar-refractivity contribution in [2.45, 2.75) is 33.4 Å². The number of benzene rings is 1. The Morgan fingerprint density at radius 1 is 1.26 bits per heavy atom. The monoisotopic (exact) mass is 257 g/mol. The summed E-state index contributed by atoms with van der Waals surface area (Å²) in [6.07, 6.45) is 3.36. The molecule has 1 aromatic heterocycles. The Morgan fingerprint density at radius 2 is 1.95 bits per heavy atom. The first-order valence-electron chi connectivity index (χ1n) is 6.44. The van der Waals surface area contributed by atoms with Crippen LogP contribution < -0.4 is 10.9 Å². The largest absolute Gasteiger partial charge is 0.361 e. The first-order chi connectivity index (χ1) is 9.08. The quantitative estimate of drug-likeness (QED) is 0.916. The van der Waals surface area contributed by atoms with E-state index in [0.29, 0.717) is 12.4 Å². The van der Waals surface area contributed by atoms with E-state index in [-0.39, 0.29) is 11.6 Å². The van der Waals surface area contributed by atoms with Gasteiger partial charge in [0.1, 0.15) is 0 Å². The summed E-state index contributed by atoms with van der Waals surface area (Å²) < 4.78 is 1.67. The van der Waals surface area contributed by atoms with Crippen LogP contribution in [0.1, 0.15) is 31.0 Å². The second kappa shape index (κ2) is 5.69. The van der Waals surface area contributed by atoms with E-state index in [1.54, 1.807) is 17.0 Å². The molecule has 0 aliphatic rings. The van der Waals surface area contributed by atoms with Crippen LogP contribution in [0.5, 0.6) is 0 Å². The van der Waals surface area contributed by atoms with Gasteiger partial charge >= 0.3 is 0 Å². The Balaban J connectivity index is 2.14. The first kappa shape index (κ1) is 13.3. The minimum atomic E-state index is -0.0791. The molecule has 0 saturated carbocycles. The van der Waals surface area contributed by atoms with Gasteiger partial charge in [0.05, 0.1) is 0 Å². The molecule has 1 N–H and O–H groups in total. The van der Waals surface area contributed by atoms with Crippen LogP contribution in [-0.2, 0) is 6.54 Å². The Labute approximate surface area is 113 Å². The van der Waals surface area contributed by atoms with E-state index in [0.717, 1.165) is 5.56 Å². The molecular weight excluding hydrogens is 238 g/mol. The molecule has 1 aromatic carbocycles. The molecule has 4 nitrogen and oxygen atoms in total. The fourth-order valence-corrected chi connectivity index (χ4v) is 1.84. The van der Waals surface area contributed by atoms with Gasteiger partial charge in [0.15, 0.2) is 5.82 Å². The van der Waals surface area contributed by atoms with Crippen LogP contribution in [0.3, 0.4) is 0 Å². The molecule has 2 rings (SSSR count). The number of rotatable bonds is 4. The molecular formula is C15H19N3O. The summed E-state index contributed by atoms with van der Waals surface area (Å²) in [5.41, 5.74) is 2.28. The third-order valence-corrected chi connectivity index (χ3v) is 3.00. The molecule has 0 atom stereocenters. The maximum Gasteiger partial charge on any atom is 0.293 e. The Bertz CT molecular complexity index is 600. The fraction of sp³-hybridized carbons (Fsp3) is 0.333. The average Bonchev–Trinajstić information content (AvgIpc) is 2.39. The van der Waals surface area contributed by atoms with Crippen molar-refractivity contribution in [2.24, 2.45) is 0 Å². The van der Waals surface area contributed by atoms with E-state index in [4.69, 9.17) is 0 Å². The second-order valence-corrected chi connectivity index (χ2v) is 4.92. The molecule has 0 fully saturated rings. The lowest BCUT2D eigenvalue weighted by Crippen LogP contribution is -2.25. The lowest BCUT2D eigenvalue weighted by atomic mass is 10.1. The molecule has 0 unspecified atom stereocenters. The van der Waals surface area contributed by atoms with Crippen LogP contribution >= 0.6 is 0 Å². The third-order valence-electron chi connectivity index (χ3n) is 3.00. The summed E-state index contributed by atoms with van der Waals surface area (Å²) in [4.78, 5) is 16.2. The fourth-order valence-electron chi connectivity index (χ4n) is 1.84. The van der Waals surface area contributed by atoms with Crippen molar-refractivity contribution >= 4 is 5.82 Å². The molecule has 1 heterocycles. The molecule has 19 heavy (non-hydrogen) atoms. The second-order valence-electron chi connectivity index (χ2n) is 4.92. The molecule has 0 aliphatic carbocycles. The lowest BCUT2D eigenvalue weighted by Gasteiger charge is -2.11. The van der Waals surface area contributed by atoms with Gasteiger partial charge in [-0.25, -0.2) is 4.98 Å². The van der Waals surface area contributed by atoms with E-state index in [1.807, 2.05) is 26.0 Å². The number of aromatic nitrogens is 2. The number of hydrogen-bond donors (Lipinski definition) is 1. The number of nitrogens with one attached hydrogen (secondary N) is 1. The average molecular weight is 257 g/mol. The van der Waals surface area contributed by atoms with Crippen molar-refractivity contribution < 1.29 is 0 Å². The van der Waals surface area contributed by atoms with Crippen molar-refractivity contribution in [1.29, 1.82) is 0 Å². The molecule has 0 spiro atoms. The molecule has 0 saturated heterocycles. The van der Waals surface area contributed by atoms with Gasteiger partial charge in [0, 0.05) is 25.0 Å². The number of anilines is 1. The highest BCUT2D eigenvalue weighted by atomic mass is 16.1. The van der Waals surface area contributed by atoms with Crippen LogP contribution in [-0.4, -0.2) is 9.55 Å². The smallest absolute Gasteiger partial charge is 0.293 e. The van der Waals surface area contributed by atoms with Crippen molar-refractivity contribution in [1.82, 2.24) is 9.55 Å². The number of nitrogens with zero attached hydrogens (tertiary/aromatic N) is 2. The van der Waals surface area contributed by atoms with Gasteiger partial charge in [-0.15, -0.1) is 0 Å². The van der Waals surface area contributed by atoms with E-state index < -0.39 is 0 Å². The molecule has 0 radical (unpaired) electrons. The Hall–Kier alpha value is -2.10. The summed E-state index contributed by atoms with van der Waals surface area (Å²) >= 11 is 0. The summed E-state index contributed by atoms with van der Waals surface area (Å²) in [6.45, 7) is 6.61. The zero-order chi connectivity index (χ0) is 13.8. The highest BCUT2D eigenvalue weighted by Gasteiger charge is 2.06. The van der Waals surface area contributed by atoms with Gasteiger partial charge in [0.2, 0.25) is 0 Å². The van der Waals surface area contributed by atoms with Crippen molar-refractivity contribution in [3.8, 4) is 0 Å². The minimum Gasteiger partial charge on any atom is -0.361 e. The van der Waals surface area contributed by atoms with Gasteiger partial charge in [-0.05, 0) is 26.3 Å². The van der Waals surface area contributed by atoms with Crippen molar-refractivity contribution in [3.05, 3.63) is 58.1 Å². The Kier molecular flexibility index (Phi) is 4.00. The maximum atomic E-state index is 12.1. The molecule has 0 amide bonds. The molecule has 2 aromatic rings. The van der Waals surface area contributed by atoms with E-state index in [1.165, 1.54) is 5.56 Å². The predicted molar refractivity (Wildman–Crippen MR) is 77.4 cm³/mol. The van der Waals surface area contributed by atoms with Crippen LogP contribution in [0.15, 0.2) is 41.5 Å². The van der Waals surface area contributed by atoms with Crippen LogP contribution in [0.4, 0.5) is 5.82 Å². The summed E-state index contributed by atoms with van der Waals surface area (Å²) in [7, 11) is 0. The topological polar surface area (TPSA) is 46.9 Å². The van der Waals surface area contributed by atoms with Gasteiger partial charge in [-0.2, -0.15) is 0 Å². The van der Waals surface area contributed by atoms with Gasteiger partial charge in [-0.1, -0.05) is 29.8 Å². The van der Waals surface area contributed by atoms with E-state index in [2.05, 4.69) is 29.4 Å². The summed E-state index contributed by atoms with van der Waals surface area (Å²) in [5, 5.41) is 3.10. The normalized spacial score (nSPS) is 10.7. The van der Waals surface area contributed by atoms with Gasteiger partial charge in [0.25, 0.3) is 5.56 Å². The van der Waals surface area contributed by atoms with Crippen LogP contribution in [0, 0.1) is 6.92 Å². The zero-order valence-corrected chi connectivity index (χ0v) is 11.6. The van der Waals surface area contributed by atoms with Crippen LogP contribution in [0.2, 0.25) is 0 Å². The summed E-state index contributed by atoms with van der Waals surface area (Å²) in [5.74, 6) is 0.400. The number of aryl methyl sites for hydroxylation is 1. The summed E-state index contributed by atoms with van der Waals surface area (Å²) in [6, 6.07) is 8.35. The minimum absolute atomic E-state index is 0.0791. The Morgan fingerprint density at radius 3 is 2.58 bits per heavy atom. The lowest BCUT2D eigenvalue weighted by molar-refractivity contribution is 0.575. The van der Waals surface area contributed by atoms with Crippen LogP contribution in [0.25, 0.3) is 0 Å². The molecule has 100 valence electrons. The predicted octanol–water partition coefficient (Wildman–Crippen LogP) is 2.74. The first-order valence-corrected chi connectivity index (χ1v) is 6.44. The maximum absolute atomic E-state index is 12.1. The molecule has 0 aliphatic heterocycles. The standard InChI is InChI=1S/C15H19N3O/c1-11(2)18-9-8-16-14(15(18)19)17-10-13-6-4-12(3)5-7-13/h4-9,11H,10H2,1-3H3,(H,16,17). The number of hydrogen-bond acceptors (Lipinski definition) is 3. The van der Waals surface area contributed by atoms with E-state index >= 15 is 0 Å². The van der Waals surface area contributed by atoms with Gasteiger partial charge < -0.3 is 9.88 Å². The highest BCUT2D eigenvalue weighted by Crippen LogP contribution is 2.06. The zero-order valence-electron chi connectivity index (χ0n) is 11.6. The molecule has 4 heteroatoms. The molecule has 0 bridgehead atoms. The van der Waals surface area contributed by atoms with Crippen molar-refractivity contribution in [2.75, 3.05) is 5.32 Å². The van der Waals surface area contributed by atoms with Crippen molar-refractivity contribution in [3.63, 3.8) is 0 Å². The third kappa shape index (κ3) is 3.22. The van der Waals surface area contributed by atoms with E-state index in [9.17, 15) is 4.79 Å². The highest BCUT2D eigenvalue weighted by molar-refractivity contribution is 5.33.